The van der Waals surface area contributed by atoms with E-state index in [1.165, 1.54) is 33.4 Å². The second-order valence-corrected chi connectivity index (χ2v) is 16.0. The highest BCUT2D eigenvalue weighted by Crippen LogP contribution is 2.46. The summed E-state index contributed by atoms with van der Waals surface area (Å²) in [6, 6.07) is 12.4. The van der Waals surface area contributed by atoms with Crippen LogP contribution in [0.4, 0.5) is 0 Å². The van der Waals surface area contributed by atoms with Crippen molar-refractivity contribution < 1.29 is 0 Å². The number of benzene rings is 2. The summed E-state index contributed by atoms with van der Waals surface area (Å²) in [6.07, 6.45) is 1.10. The summed E-state index contributed by atoms with van der Waals surface area (Å²) in [6.45, 7) is 37.9. The molecule has 2 aromatic rings. The number of rotatable bonds is 3. The average Bonchev–Trinajstić information content (AvgIpc) is 2.64. The molecule has 0 saturated carbocycles. The van der Waals surface area contributed by atoms with Gasteiger partial charge in [-0.1, -0.05) is 141 Å². The van der Waals surface area contributed by atoms with Crippen LogP contribution in [-0.2, 0) is 27.1 Å². The molecular formula is C35H56. The minimum Gasteiger partial charge on any atom is -0.0645 e. The lowest BCUT2D eigenvalue weighted by Gasteiger charge is -2.38. The average molecular weight is 477 g/mol. The first-order valence-electron chi connectivity index (χ1n) is 13.8. The van der Waals surface area contributed by atoms with Crippen LogP contribution in [0.3, 0.4) is 0 Å². The molecule has 0 aromatic heterocycles. The lowest BCUT2D eigenvalue weighted by atomic mass is 9.66. The van der Waals surface area contributed by atoms with E-state index in [4.69, 9.17) is 0 Å². The van der Waals surface area contributed by atoms with Crippen LogP contribution in [0, 0.1) is 0 Å². The highest BCUT2D eigenvalue weighted by molar-refractivity contribution is 5.54. The molecule has 0 radical (unpaired) electrons. The van der Waals surface area contributed by atoms with Crippen LogP contribution >= 0.6 is 0 Å². The van der Waals surface area contributed by atoms with Crippen molar-refractivity contribution in [3.63, 3.8) is 0 Å². The van der Waals surface area contributed by atoms with Crippen molar-refractivity contribution in [1.82, 2.24) is 0 Å². The fourth-order valence-corrected chi connectivity index (χ4v) is 5.26. The maximum absolute atomic E-state index is 2.54. The minimum atomic E-state index is 0.0667. The Labute approximate surface area is 219 Å². The maximum Gasteiger partial charge on any atom is 0.00955 e. The highest BCUT2D eigenvalue weighted by Gasteiger charge is 2.34. The molecule has 35 heavy (non-hydrogen) atoms. The maximum atomic E-state index is 2.54. The molecule has 0 aliphatic heterocycles. The Hall–Kier alpha value is -1.56. The first kappa shape index (κ1) is 29.7. The molecule has 0 N–H and O–H groups in total. The second kappa shape index (κ2) is 9.39. The van der Waals surface area contributed by atoms with Crippen LogP contribution in [0.5, 0.6) is 0 Å². The second-order valence-electron chi connectivity index (χ2n) is 16.0. The molecule has 0 heterocycles. The van der Waals surface area contributed by atoms with Gasteiger partial charge in [0.25, 0.3) is 0 Å². The summed E-state index contributed by atoms with van der Waals surface area (Å²) in [4.78, 5) is 0. The third kappa shape index (κ3) is 6.61. The fraction of sp³-hybridized carbons (Fsp3) is 0.657. The van der Waals surface area contributed by atoms with Crippen molar-refractivity contribution in [3.8, 4) is 0 Å². The molecule has 2 rings (SSSR count). The van der Waals surface area contributed by atoms with Gasteiger partial charge >= 0.3 is 0 Å². The summed E-state index contributed by atoms with van der Waals surface area (Å²) >= 11 is 0. The van der Waals surface area contributed by atoms with Crippen molar-refractivity contribution in [2.75, 3.05) is 0 Å². The topological polar surface area (TPSA) is 0 Å². The summed E-state index contributed by atoms with van der Waals surface area (Å²) in [7, 11) is 0. The van der Waals surface area contributed by atoms with Crippen LogP contribution in [0.2, 0.25) is 0 Å². The summed E-state index contributed by atoms with van der Waals surface area (Å²) in [5.74, 6) is 0.371. The lowest BCUT2D eigenvalue weighted by molar-refractivity contribution is 0.523. The molecule has 0 aliphatic carbocycles. The molecule has 0 amide bonds. The van der Waals surface area contributed by atoms with Crippen LogP contribution < -0.4 is 0 Å². The van der Waals surface area contributed by atoms with E-state index in [2.05, 4.69) is 141 Å². The molecule has 2 aromatic carbocycles. The minimum absolute atomic E-state index is 0.0667. The van der Waals surface area contributed by atoms with Gasteiger partial charge in [0.2, 0.25) is 0 Å². The Morgan fingerprint density at radius 3 is 1.17 bits per heavy atom. The Morgan fingerprint density at radius 1 is 0.486 bits per heavy atom. The van der Waals surface area contributed by atoms with E-state index in [9.17, 15) is 0 Å². The van der Waals surface area contributed by atoms with Crippen molar-refractivity contribution in [3.05, 3.63) is 69.3 Å². The van der Waals surface area contributed by atoms with E-state index < -0.39 is 0 Å². The van der Waals surface area contributed by atoms with Crippen LogP contribution in [-0.4, -0.2) is 0 Å². The molecule has 0 aliphatic rings. The Balaban J connectivity index is 3.06. The first-order chi connectivity index (χ1) is 15.5. The largest absolute Gasteiger partial charge is 0.0645 e. The Kier molecular flexibility index (Phi) is 7.96. The first-order valence-corrected chi connectivity index (χ1v) is 13.8. The zero-order chi connectivity index (χ0) is 27.4. The molecule has 0 heteroatoms. The van der Waals surface area contributed by atoms with Crippen molar-refractivity contribution in [1.29, 1.82) is 0 Å². The van der Waals surface area contributed by atoms with Gasteiger partial charge in [0.1, 0.15) is 0 Å². The van der Waals surface area contributed by atoms with Crippen molar-refractivity contribution >= 4 is 0 Å². The number of hydrogen-bond donors (Lipinski definition) is 0. The molecule has 1 unspecified atom stereocenters. The van der Waals surface area contributed by atoms with Crippen molar-refractivity contribution in [2.24, 2.45) is 0 Å². The van der Waals surface area contributed by atoms with Gasteiger partial charge < -0.3 is 0 Å². The standard InChI is InChI=1S/C35H56/c1-17-25(26-19-18-23(31(2,3)4)20-27(26)33(8,9)10)30-28(34(11,12)13)21-24(32(5,6)7)22-29(30)35(14,15)16/h18-22,25H,17H2,1-16H3. The SMILES string of the molecule is CCC(c1ccc(C(C)(C)C)cc1C(C)(C)C)c1c(C(C)(C)C)cc(C(C)(C)C)cc1C(C)(C)C. The number of hydrogen-bond acceptors (Lipinski definition) is 0. The van der Waals surface area contributed by atoms with Gasteiger partial charge in [-0.3, -0.25) is 0 Å². The normalized spacial score (nSPS) is 14.9. The van der Waals surface area contributed by atoms with Gasteiger partial charge in [-0.25, -0.2) is 0 Å². The molecule has 0 fully saturated rings. The van der Waals surface area contributed by atoms with E-state index in [1.54, 1.807) is 5.56 Å². The summed E-state index contributed by atoms with van der Waals surface area (Å²) in [5.41, 5.74) is 10.9. The van der Waals surface area contributed by atoms with Gasteiger partial charge in [-0.05, 0) is 72.4 Å². The van der Waals surface area contributed by atoms with E-state index in [0.29, 0.717) is 5.92 Å². The Bertz CT molecular complexity index is 993. The van der Waals surface area contributed by atoms with E-state index in [0.717, 1.165) is 6.42 Å². The third-order valence-corrected chi connectivity index (χ3v) is 7.52. The smallest absolute Gasteiger partial charge is 0.00955 e. The van der Waals surface area contributed by atoms with Crippen LogP contribution in [0.25, 0.3) is 0 Å². The predicted octanol–water partition coefficient (Wildman–Crippen LogP) is 10.7. The third-order valence-electron chi connectivity index (χ3n) is 7.52. The van der Waals surface area contributed by atoms with Crippen molar-refractivity contribution in [2.45, 2.75) is 150 Å². The molecule has 0 nitrogen and oxygen atoms in total. The fourth-order valence-electron chi connectivity index (χ4n) is 5.26. The van der Waals surface area contributed by atoms with Crippen LogP contribution in [0.15, 0.2) is 30.3 Å². The molecule has 0 spiro atoms. The van der Waals surface area contributed by atoms with E-state index in [1.807, 2.05) is 0 Å². The van der Waals surface area contributed by atoms with E-state index >= 15 is 0 Å². The van der Waals surface area contributed by atoms with Gasteiger partial charge in [0.15, 0.2) is 0 Å². The quantitative estimate of drug-likeness (QED) is 0.413. The van der Waals surface area contributed by atoms with Gasteiger partial charge in [0, 0.05) is 5.92 Å². The molecule has 196 valence electrons. The van der Waals surface area contributed by atoms with Gasteiger partial charge in [0.05, 0.1) is 0 Å². The van der Waals surface area contributed by atoms with Crippen LogP contribution in [0.1, 0.15) is 162 Å². The Morgan fingerprint density at radius 2 is 0.857 bits per heavy atom. The molecule has 0 saturated heterocycles. The zero-order valence-electron chi connectivity index (χ0n) is 26.2. The van der Waals surface area contributed by atoms with E-state index in [-0.39, 0.29) is 27.1 Å². The summed E-state index contributed by atoms with van der Waals surface area (Å²) in [5, 5.41) is 0. The predicted molar refractivity (Wildman–Crippen MR) is 159 cm³/mol. The zero-order valence-corrected chi connectivity index (χ0v) is 26.2. The van der Waals surface area contributed by atoms with Gasteiger partial charge in [-0.15, -0.1) is 0 Å². The lowest BCUT2D eigenvalue weighted by Crippen LogP contribution is -2.27. The highest BCUT2D eigenvalue weighted by atomic mass is 14.4. The summed E-state index contributed by atoms with van der Waals surface area (Å²) < 4.78 is 0. The monoisotopic (exact) mass is 476 g/mol. The molecule has 0 bridgehead atoms. The molecular weight excluding hydrogens is 420 g/mol. The molecule has 1 atom stereocenters. The van der Waals surface area contributed by atoms with Gasteiger partial charge in [-0.2, -0.15) is 0 Å².